The molecule has 2 rings (SSSR count). The Balaban J connectivity index is 1.97. The van der Waals surface area contributed by atoms with Gasteiger partial charge in [0.15, 0.2) is 5.13 Å². The first-order valence-electron chi connectivity index (χ1n) is 5.65. The highest BCUT2D eigenvalue weighted by Crippen LogP contribution is 2.38. The van der Waals surface area contributed by atoms with E-state index >= 15 is 0 Å². The minimum atomic E-state index is 0.712. The number of nitrogens with two attached hydrogens (primary N) is 1. The van der Waals surface area contributed by atoms with Gasteiger partial charge in [0.2, 0.25) is 0 Å². The van der Waals surface area contributed by atoms with E-state index < -0.39 is 0 Å². The lowest BCUT2D eigenvalue weighted by Crippen LogP contribution is -1.99. The number of thioether (sulfide) groups is 1. The van der Waals surface area contributed by atoms with Gasteiger partial charge in [-0.25, -0.2) is 4.98 Å². The van der Waals surface area contributed by atoms with Crippen molar-refractivity contribution in [2.75, 3.05) is 5.73 Å². The summed E-state index contributed by atoms with van der Waals surface area (Å²) in [6.45, 7) is 2.06. The maximum atomic E-state index is 5.71. The van der Waals surface area contributed by atoms with Crippen LogP contribution in [0.4, 0.5) is 5.13 Å². The van der Waals surface area contributed by atoms with Gasteiger partial charge >= 0.3 is 0 Å². The summed E-state index contributed by atoms with van der Waals surface area (Å²) in [5.74, 6) is 0. The molecule has 0 aliphatic heterocycles. The summed E-state index contributed by atoms with van der Waals surface area (Å²) in [4.78, 5) is 4.28. The van der Waals surface area contributed by atoms with Crippen LogP contribution < -0.4 is 5.73 Å². The Hall–Kier alpha value is -0.220. The Bertz CT molecular complexity index is 314. The largest absolute Gasteiger partial charge is 0.375 e. The van der Waals surface area contributed by atoms with Crippen LogP contribution in [0.1, 0.15) is 44.2 Å². The molecule has 2 nitrogen and oxygen atoms in total. The second kappa shape index (κ2) is 5.21. The van der Waals surface area contributed by atoms with Gasteiger partial charge in [-0.3, -0.25) is 0 Å². The normalized spacial score (nSPS) is 19.0. The van der Waals surface area contributed by atoms with E-state index in [2.05, 4.69) is 11.9 Å². The van der Waals surface area contributed by atoms with E-state index in [9.17, 15) is 0 Å². The Kier molecular flexibility index (Phi) is 3.92. The van der Waals surface area contributed by atoms with Crippen molar-refractivity contribution in [3.63, 3.8) is 0 Å². The fourth-order valence-corrected chi connectivity index (χ4v) is 4.53. The Morgan fingerprint density at radius 1 is 1.27 bits per heavy atom. The monoisotopic (exact) mass is 242 g/mol. The van der Waals surface area contributed by atoms with Gasteiger partial charge in [0, 0.05) is 5.25 Å². The molecule has 0 saturated heterocycles. The second-order valence-corrected chi connectivity index (χ2v) is 6.76. The highest BCUT2D eigenvalue weighted by atomic mass is 32.2. The molecule has 1 aromatic rings. The van der Waals surface area contributed by atoms with Crippen LogP contribution in [-0.4, -0.2) is 10.2 Å². The zero-order valence-electron chi connectivity index (χ0n) is 9.16. The van der Waals surface area contributed by atoms with Crippen LogP contribution >= 0.6 is 23.1 Å². The number of anilines is 1. The second-order valence-electron chi connectivity index (χ2n) is 4.16. The number of thiazole rings is 1. The van der Waals surface area contributed by atoms with Crippen LogP contribution in [0.25, 0.3) is 0 Å². The summed E-state index contributed by atoms with van der Waals surface area (Å²) in [5, 5.41) is 1.51. The Morgan fingerprint density at radius 2 is 1.93 bits per heavy atom. The summed E-state index contributed by atoms with van der Waals surface area (Å²) >= 11 is 3.65. The topological polar surface area (TPSA) is 38.9 Å². The molecule has 1 aliphatic rings. The molecule has 1 aromatic heterocycles. The van der Waals surface area contributed by atoms with Crippen molar-refractivity contribution in [1.82, 2.24) is 4.98 Å². The third-order valence-corrected chi connectivity index (χ3v) is 5.48. The molecule has 0 aromatic carbocycles. The molecule has 84 valence electrons. The molecule has 1 fully saturated rings. The van der Waals surface area contributed by atoms with Gasteiger partial charge in [-0.1, -0.05) is 37.0 Å². The number of hydrogen-bond acceptors (Lipinski definition) is 4. The first kappa shape index (κ1) is 11.3. The molecule has 0 amide bonds. The maximum Gasteiger partial charge on any atom is 0.181 e. The predicted molar refractivity (Wildman–Crippen MR) is 68.6 cm³/mol. The number of aromatic nitrogens is 1. The molecule has 0 radical (unpaired) electrons. The number of aryl methyl sites for hydroxylation is 1. The first-order valence-corrected chi connectivity index (χ1v) is 7.35. The lowest BCUT2D eigenvalue weighted by Gasteiger charge is -2.11. The van der Waals surface area contributed by atoms with Gasteiger partial charge in [0.1, 0.15) is 0 Å². The average Bonchev–Trinajstić information content (AvgIpc) is 2.44. The van der Waals surface area contributed by atoms with Gasteiger partial charge in [-0.15, -0.1) is 11.8 Å². The van der Waals surface area contributed by atoms with Crippen LogP contribution in [0.2, 0.25) is 0 Å². The van der Waals surface area contributed by atoms with E-state index in [0.29, 0.717) is 5.13 Å². The standard InChI is InChI=1S/C11H18N2S2/c1-8-10(15-11(12)13-8)14-9-6-4-2-3-5-7-9/h9H,2-7H2,1H3,(H2,12,13). The van der Waals surface area contributed by atoms with Crippen LogP contribution in [0.3, 0.4) is 0 Å². The zero-order valence-corrected chi connectivity index (χ0v) is 10.8. The third-order valence-electron chi connectivity index (χ3n) is 2.85. The minimum Gasteiger partial charge on any atom is -0.375 e. The molecule has 1 heterocycles. The Morgan fingerprint density at radius 3 is 2.47 bits per heavy atom. The van der Waals surface area contributed by atoms with Crippen LogP contribution in [0.15, 0.2) is 4.21 Å². The number of hydrogen-bond donors (Lipinski definition) is 1. The van der Waals surface area contributed by atoms with Gasteiger partial charge in [-0.2, -0.15) is 0 Å². The maximum absolute atomic E-state index is 5.71. The van der Waals surface area contributed by atoms with Gasteiger partial charge in [-0.05, 0) is 19.8 Å². The van der Waals surface area contributed by atoms with Crippen molar-refractivity contribution < 1.29 is 0 Å². The molecule has 1 aliphatic carbocycles. The van der Waals surface area contributed by atoms with Crippen molar-refractivity contribution in [1.29, 1.82) is 0 Å². The highest BCUT2D eigenvalue weighted by Gasteiger charge is 2.16. The quantitative estimate of drug-likeness (QED) is 0.801. The molecule has 0 unspecified atom stereocenters. The van der Waals surface area contributed by atoms with Crippen LogP contribution in [0.5, 0.6) is 0 Å². The zero-order chi connectivity index (χ0) is 10.7. The molecular formula is C11H18N2S2. The van der Waals surface area contributed by atoms with E-state index in [4.69, 9.17) is 5.73 Å². The molecule has 4 heteroatoms. The molecule has 15 heavy (non-hydrogen) atoms. The SMILES string of the molecule is Cc1nc(N)sc1SC1CCCCCC1. The highest BCUT2D eigenvalue weighted by molar-refractivity contribution is 8.01. The predicted octanol–water partition coefficient (Wildman–Crippen LogP) is 3.85. The van der Waals surface area contributed by atoms with E-state index in [1.807, 2.05) is 11.8 Å². The molecule has 0 atom stereocenters. The first-order chi connectivity index (χ1) is 7.25. The molecule has 0 spiro atoms. The fourth-order valence-electron chi connectivity index (χ4n) is 2.02. The van der Waals surface area contributed by atoms with Crippen molar-refractivity contribution in [2.24, 2.45) is 0 Å². The number of nitrogen functional groups attached to an aromatic ring is 1. The van der Waals surface area contributed by atoms with Crippen molar-refractivity contribution in [3.05, 3.63) is 5.69 Å². The van der Waals surface area contributed by atoms with Crippen LogP contribution in [0, 0.1) is 6.92 Å². The van der Waals surface area contributed by atoms with Gasteiger partial charge in [0.05, 0.1) is 9.90 Å². The lowest BCUT2D eigenvalue weighted by atomic mass is 10.2. The molecule has 1 saturated carbocycles. The van der Waals surface area contributed by atoms with Gasteiger partial charge in [0.25, 0.3) is 0 Å². The third kappa shape index (κ3) is 3.11. The van der Waals surface area contributed by atoms with E-state index in [-0.39, 0.29) is 0 Å². The summed E-state index contributed by atoms with van der Waals surface area (Å²) in [6, 6.07) is 0. The van der Waals surface area contributed by atoms with E-state index in [0.717, 1.165) is 10.9 Å². The summed E-state index contributed by atoms with van der Waals surface area (Å²) < 4.78 is 1.33. The van der Waals surface area contributed by atoms with Gasteiger partial charge < -0.3 is 5.73 Å². The fraction of sp³-hybridized carbons (Fsp3) is 0.727. The molecule has 2 N–H and O–H groups in total. The van der Waals surface area contributed by atoms with Crippen molar-refractivity contribution in [2.45, 2.75) is 54.9 Å². The molecular weight excluding hydrogens is 224 g/mol. The summed E-state index contributed by atoms with van der Waals surface area (Å²) in [6.07, 6.45) is 8.35. The summed E-state index contributed by atoms with van der Waals surface area (Å²) in [5.41, 5.74) is 6.83. The summed E-state index contributed by atoms with van der Waals surface area (Å²) in [7, 11) is 0. The smallest absolute Gasteiger partial charge is 0.181 e. The van der Waals surface area contributed by atoms with Crippen molar-refractivity contribution >= 4 is 28.2 Å². The van der Waals surface area contributed by atoms with Crippen LogP contribution in [-0.2, 0) is 0 Å². The molecule has 0 bridgehead atoms. The average molecular weight is 242 g/mol. The number of rotatable bonds is 2. The Labute approximate surface area is 99.7 Å². The van der Waals surface area contributed by atoms with Crippen molar-refractivity contribution in [3.8, 4) is 0 Å². The van der Waals surface area contributed by atoms with E-state index in [1.165, 1.54) is 42.7 Å². The van der Waals surface area contributed by atoms with E-state index in [1.54, 1.807) is 11.3 Å². The minimum absolute atomic E-state index is 0.712. The lowest BCUT2D eigenvalue weighted by molar-refractivity contribution is 0.702. The number of nitrogens with zero attached hydrogens (tertiary/aromatic N) is 1.